The van der Waals surface area contributed by atoms with E-state index < -0.39 is 0 Å². The smallest absolute Gasteiger partial charge is 0.257 e. The SMILES string of the molecule is CCN(CCCN(C)C)C(=O)c1cc(N)ccc1OC. The number of carbonyl (C=O) groups excluding carboxylic acids is 1. The Morgan fingerprint density at radius 2 is 2.00 bits per heavy atom. The number of nitrogen functional groups attached to an aromatic ring is 1. The lowest BCUT2D eigenvalue weighted by Crippen LogP contribution is -2.33. The molecule has 0 aliphatic rings. The van der Waals surface area contributed by atoms with Crippen LogP contribution in [0.5, 0.6) is 5.75 Å². The predicted octanol–water partition coefficient (Wildman–Crippen LogP) is 1.69. The summed E-state index contributed by atoms with van der Waals surface area (Å²) in [5.74, 6) is 0.533. The van der Waals surface area contributed by atoms with Gasteiger partial charge in [0.15, 0.2) is 0 Å². The molecule has 1 amide bonds. The first-order valence-electron chi connectivity index (χ1n) is 6.87. The molecule has 1 aromatic carbocycles. The summed E-state index contributed by atoms with van der Waals surface area (Å²) in [5.41, 5.74) is 6.86. The van der Waals surface area contributed by atoms with Gasteiger partial charge >= 0.3 is 0 Å². The molecule has 0 heterocycles. The summed E-state index contributed by atoms with van der Waals surface area (Å²) >= 11 is 0. The number of ether oxygens (including phenoxy) is 1. The first-order valence-corrected chi connectivity index (χ1v) is 6.87. The van der Waals surface area contributed by atoms with Gasteiger partial charge in [-0.1, -0.05) is 0 Å². The number of rotatable bonds is 7. The van der Waals surface area contributed by atoms with E-state index >= 15 is 0 Å². The summed E-state index contributed by atoms with van der Waals surface area (Å²) in [5, 5.41) is 0. The zero-order valence-corrected chi connectivity index (χ0v) is 12.8. The monoisotopic (exact) mass is 279 g/mol. The fraction of sp³-hybridized carbons (Fsp3) is 0.533. The van der Waals surface area contributed by atoms with E-state index in [2.05, 4.69) is 4.90 Å². The highest BCUT2D eigenvalue weighted by Gasteiger charge is 2.18. The Hall–Kier alpha value is -1.75. The van der Waals surface area contributed by atoms with Crippen molar-refractivity contribution in [3.63, 3.8) is 0 Å². The van der Waals surface area contributed by atoms with Crippen molar-refractivity contribution in [1.29, 1.82) is 0 Å². The predicted molar refractivity (Wildman–Crippen MR) is 82.2 cm³/mol. The fourth-order valence-electron chi connectivity index (χ4n) is 2.04. The number of nitrogens with zero attached hydrogens (tertiary/aromatic N) is 2. The molecule has 112 valence electrons. The molecule has 0 unspecified atom stereocenters. The van der Waals surface area contributed by atoms with E-state index in [1.807, 2.05) is 25.9 Å². The van der Waals surface area contributed by atoms with Crippen LogP contribution in [-0.2, 0) is 0 Å². The first-order chi connectivity index (χ1) is 9.49. The van der Waals surface area contributed by atoms with Gasteiger partial charge in [0, 0.05) is 18.8 Å². The molecule has 1 rings (SSSR count). The maximum atomic E-state index is 12.6. The van der Waals surface area contributed by atoms with Crippen molar-refractivity contribution in [3.8, 4) is 5.75 Å². The Balaban J connectivity index is 2.82. The topological polar surface area (TPSA) is 58.8 Å². The molecule has 0 bridgehead atoms. The number of anilines is 1. The number of nitrogens with two attached hydrogens (primary N) is 1. The highest BCUT2D eigenvalue weighted by Crippen LogP contribution is 2.22. The largest absolute Gasteiger partial charge is 0.496 e. The minimum absolute atomic E-state index is 0.0320. The van der Waals surface area contributed by atoms with Crippen LogP contribution in [0.25, 0.3) is 0 Å². The van der Waals surface area contributed by atoms with Gasteiger partial charge in [-0.05, 0) is 52.2 Å². The molecule has 5 heteroatoms. The molecule has 0 spiro atoms. The van der Waals surface area contributed by atoms with Crippen molar-refractivity contribution >= 4 is 11.6 Å². The molecule has 0 saturated carbocycles. The highest BCUT2D eigenvalue weighted by molar-refractivity contribution is 5.97. The molecule has 0 aliphatic heterocycles. The number of hydrogen-bond donors (Lipinski definition) is 1. The third kappa shape index (κ3) is 4.42. The second-order valence-corrected chi connectivity index (χ2v) is 5.00. The average molecular weight is 279 g/mol. The van der Waals surface area contributed by atoms with E-state index in [0.717, 1.165) is 19.5 Å². The number of amides is 1. The molecule has 0 aliphatic carbocycles. The van der Waals surface area contributed by atoms with E-state index in [1.54, 1.807) is 25.3 Å². The third-order valence-corrected chi connectivity index (χ3v) is 3.16. The quantitative estimate of drug-likeness (QED) is 0.772. The minimum atomic E-state index is -0.0320. The van der Waals surface area contributed by atoms with E-state index in [9.17, 15) is 4.79 Å². The van der Waals surface area contributed by atoms with Crippen LogP contribution in [0.2, 0.25) is 0 Å². The maximum Gasteiger partial charge on any atom is 0.257 e. The number of benzene rings is 1. The van der Waals surface area contributed by atoms with Gasteiger partial charge in [0.1, 0.15) is 5.75 Å². The Kier molecular flexibility index (Phi) is 6.31. The van der Waals surface area contributed by atoms with Gasteiger partial charge in [0.05, 0.1) is 12.7 Å². The lowest BCUT2D eigenvalue weighted by molar-refractivity contribution is 0.0756. The second-order valence-electron chi connectivity index (χ2n) is 5.00. The van der Waals surface area contributed by atoms with Gasteiger partial charge in [-0.2, -0.15) is 0 Å². The van der Waals surface area contributed by atoms with Crippen LogP contribution < -0.4 is 10.5 Å². The van der Waals surface area contributed by atoms with Gasteiger partial charge in [0.25, 0.3) is 5.91 Å². The summed E-state index contributed by atoms with van der Waals surface area (Å²) in [6.45, 7) is 4.33. The van der Waals surface area contributed by atoms with Crippen molar-refractivity contribution in [2.75, 3.05) is 46.6 Å². The fourth-order valence-corrected chi connectivity index (χ4v) is 2.04. The summed E-state index contributed by atoms with van der Waals surface area (Å²) in [7, 11) is 5.61. The molecular formula is C15H25N3O2. The Labute approximate surface area is 121 Å². The zero-order chi connectivity index (χ0) is 15.1. The summed E-state index contributed by atoms with van der Waals surface area (Å²) in [4.78, 5) is 16.5. The van der Waals surface area contributed by atoms with Gasteiger partial charge in [-0.3, -0.25) is 4.79 Å². The Morgan fingerprint density at radius 3 is 2.55 bits per heavy atom. The number of hydrogen-bond acceptors (Lipinski definition) is 4. The van der Waals surface area contributed by atoms with Gasteiger partial charge in [0.2, 0.25) is 0 Å². The van der Waals surface area contributed by atoms with E-state index in [1.165, 1.54) is 0 Å². The lowest BCUT2D eigenvalue weighted by atomic mass is 10.1. The van der Waals surface area contributed by atoms with Crippen LogP contribution in [-0.4, -0.2) is 56.5 Å². The van der Waals surface area contributed by atoms with Crippen molar-refractivity contribution in [2.45, 2.75) is 13.3 Å². The zero-order valence-electron chi connectivity index (χ0n) is 12.8. The van der Waals surface area contributed by atoms with Gasteiger partial charge in [-0.15, -0.1) is 0 Å². The van der Waals surface area contributed by atoms with E-state index in [-0.39, 0.29) is 5.91 Å². The maximum absolute atomic E-state index is 12.6. The molecular weight excluding hydrogens is 254 g/mol. The molecule has 5 nitrogen and oxygen atoms in total. The molecule has 0 radical (unpaired) electrons. The van der Waals surface area contributed by atoms with Gasteiger partial charge < -0.3 is 20.3 Å². The molecule has 0 aromatic heterocycles. The lowest BCUT2D eigenvalue weighted by Gasteiger charge is -2.23. The minimum Gasteiger partial charge on any atom is -0.496 e. The van der Waals surface area contributed by atoms with Crippen LogP contribution in [0.3, 0.4) is 0 Å². The van der Waals surface area contributed by atoms with Crippen LogP contribution in [0.1, 0.15) is 23.7 Å². The molecule has 0 fully saturated rings. The van der Waals surface area contributed by atoms with E-state index in [4.69, 9.17) is 10.5 Å². The van der Waals surface area contributed by atoms with Crippen molar-refractivity contribution < 1.29 is 9.53 Å². The first kappa shape index (κ1) is 16.3. The Bertz CT molecular complexity index is 447. The third-order valence-electron chi connectivity index (χ3n) is 3.16. The van der Waals surface area contributed by atoms with Crippen LogP contribution in [0.15, 0.2) is 18.2 Å². The highest BCUT2D eigenvalue weighted by atomic mass is 16.5. The number of methoxy groups -OCH3 is 1. The number of carbonyl (C=O) groups is 1. The van der Waals surface area contributed by atoms with Crippen molar-refractivity contribution in [1.82, 2.24) is 9.80 Å². The van der Waals surface area contributed by atoms with Crippen LogP contribution >= 0.6 is 0 Å². The van der Waals surface area contributed by atoms with E-state index in [0.29, 0.717) is 23.5 Å². The standard InChI is InChI=1S/C15H25N3O2/c1-5-18(10-6-9-17(2)3)15(19)13-11-12(16)7-8-14(13)20-4/h7-8,11H,5-6,9-10,16H2,1-4H3. The van der Waals surface area contributed by atoms with Crippen molar-refractivity contribution in [3.05, 3.63) is 23.8 Å². The van der Waals surface area contributed by atoms with Crippen LogP contribution in [0, 0.1) is 0 Å². The molecule has 1 aromatic rings. The molecule has 2 N–H and O–H groups in total. The molecule has 0 saturated heterocycles. The summed E-state index contributed by atoms with van der Waals surface area (Å²) in [6.07, 6.45) is 0.942. The summed E-state index contributed by atoms with van der Waals surface area (Å²) in [6, 6.07) is 5.14. The molecule has 20 heavy (non-hydrogen) atoms. The second kappa shape index (κ2) is 7.75. The van der Waals surface area contributed by atoms with Gasteiger partial charge in [-0.25, -0.2) is 0 Å². The van der Waals surface area contributed by atoms with Crippen molar-refractivity contribution in [2.24, 2.45) is 0 Å². The molecule has 0 atom stereocenters. The Morgan fingerprint density at radius 1 is 1.30 bits per heavy atom. The van der Waals surface area contributed by atoms with Crippen LogP contribution in [0.4, 0.5) is 5.69 Å². The average Bonchev–Trinajstić information content (AvgIpc) is 2.42. The normalized spacial score (nSPS) is 10.7. The summed E-state index contributed by atoms with van der Waals surface area (Å²) < 4.78 is 5.25.